The van der Waals surface area contributed by atoms with Gasteiger partial charge in [-0.05, 0) is 11.5 Å². The fraction of sp³-hybridized carbons (Fsp3) is 0.429. The van der Waals surface area contributed by atoms with Crippen molar-refractivity contribution < 1.29 is 24.3 Å². The summed E-state index contributed by atoms with van der Waals surface area (Å²) in [7, 11) is 0. The van der Waals surface area contributed by atoms with Gasteiger partial charge >= 0.3 is 12.1 Å². The molecule has 20 heavy (non-hydrogen) atoms. The molecule has 0 radical (unpaired) electrons. The minimum absolute atomic E-state index is 0.113. The van der Waals surface area contributed by atoms with Gasteiger partial charge in [0.15, 0.2) is 6.10 Å². The number of hydrogen-bond donors (Lipinski definition) is 2. The molecule has 1 rings (SSSR count). The van der Waals surface area contributed by atoms with Gasteiger partial charge in [0, 0.05) is 6.42 Å². The van der Waals surface area contributed by atoms with Crippen LogP contribution in [-0.2, 0) is 20.8 Å². The summed E-state index contributed by atoms with van der Waals surface area (Å²) < 4.78 is 4.74. The first-order valence-corrected chi connectivity index (χ1v) is 6.34. The van der Waals surface area contributed by atoms with Gasteiger partial charge in [-0.3, -0.25) is 0 Å². The summed E-state index contributed by atoms with van der Waals surface area (Å²) >= 11 is 0. The zero-order valence-electron chi connectivity index (χ0n) is 11.5. The van der Waals surface area contributed by atoms with E-state index in [4.69, 9.17) is 4.74 Å². The number of carbonyl (C=O) groups excluding carboxylic acids is 2. The van der Waals surface area contributed by atoms with Gasteiger partial charge in [0.05, 0.1) is 6.61 Å². The molecule has 2 N–H and O–H groups in total. The van der Waals surface area contributed by atoms with Crippen molar-refractivity contribution in [3.63, 3.8) is 0 Å². The predicted molar refractivity (Wildman–Crippen MR) is 71.6 cm³/mol. The van der Waals surface area contributed by atoms with Crippen LogP contribution in [0.25, 0.3) is 0 Å². The third-order valence-corrected chi connectivity index (χ3v) is 2.33. The maximum absolute atomic E-state index is 11.4. The number of carbonyl (C=O) groups is 2. The number of aliphatic hydroxyl groups is 1. The van der Waals surface area contributed by atoms with Crippen LogP contribution in [0, 0.1) is 5.92 Å². The summed E-state index contributed by atoms with van der Waals surface area (Å²) in [4.78, 5) is 27.0. The molecule has 1 unspecified atom stereocenters. The van der Waals surface area contributed by atoms with Crippen LogP contribution >= 0.6 is 0 Å². The number of benzene rings is 1. The van der Waals surface area contributed by atoms with E-state index in [-0.39, 0.29) is 18.9 Å². The Morgan fingerprint density at radius 1 is 1.25 bits per heavy atom. The minimum Gasteiger partial charge on any atom is -0.447 e. The Bertz CT molecular complexity index is 432. The highest BCUT2D eigenvalue weighted by molar-refractivity contribution is 5.76. The molecule has 1 aromatic rings. The molecule has 1 aromatic carbocycles. The normalized spacial score (nSPS) is 11.8. The highest BCUT2D eigenvalue weighted by Gasteiger charge is 2.19. The molecule has 0 saturated heterocycles. The van der Waals surface area contributed by atoms with E-state index in [1.165, 1.54) is 0 Å². The van der Waals surface area contributed by atoms with Crippen molar-refractivity contribution in [3.8, 4) is 0 Å². The lowest BCUT2D eigenvalue weighted by atomic mass is 10.1. The van der Waals surface area contributed by atoms with Crippen LogP contribution in [0.4, 0.5) is 4.79 Å². The summed E-state index contributed by atoms with van der Waals surface area (Å²) in [6, 6.07) is 8.99. The van der Waals surface area contributed by atoms with Crippen molar-refractivity contribution in [2.75, 3.05) is 6.61 Å². The second kappa shape index (κ2) is 8.16. The van der Waals surface area contributed by atoms with E-state index < -0.39 is 18.2 Å². The van der Waals surface area contributed by atoms with Crippen LogP contribution in [0.1, 0.15) is 19.4 Å². The van der Waals surface area contributed by atoms with Crippen LogP contribution in [0.2, 0.25) is 0 Å². The Kier molecular flexibility index (Phi) is 6.52. The number of aliphatic hydroxyl groups excluding tert-OH is 1. The Labute approximate surface area is 117 Å². The topological polar surface area (TPSA) is 84.9 Å². The van der Waals surface area contributed by atoms with Gasteiger partial charge in [-0.1, -0.05) is 44.2 Å². The largest absolute Gasteiger partial charge is 0.447 e. The first kappa shape index (κ1) is 16.0. The fourth-order valence-electron chi connectivity index (χ4n) is 1.35. The first-order chi connectivity index (χ1) is 9.49. The van der Waals surface area contributed by atoms with Crippen molar-refractivity contribution in [1.82, 2.24) is 5.48 Å². The Balaban J connectivity index is 2.30. The lowest BCUT2D eigenvalue weighted by molar-refractivity contribution is -0.159. The van der Waals surface area contributed by atoms with Crippen molar-refractivity contribution in [1.29, 1.82) is 0 Å². The lowest BCUT2D eigenvalue weighted by Gasteiger charge is -2.11. The first-order valence-electron chi connectivity index (χ1n) is 6.34. The highest BCUT2D eigenvalue weighted by Crippen LogP contribution is 2.04. The van der Waals surface area contributed by atoms with Gasteiger partial charge in [0.1, 0.15) is 0 Å². The van der Waals surface area contributed by atoms with Crippen molar-refractivity contribution in [2.24, 2.45) is 5.92 Å². The standard InChI is InChI=1S/C14H19NO5/c1-10(2)9-19-14(18)15-20-13(17)12(16)8-11-6-4-3-5-7-11/h3-7,10,12,16H,8-9H2,1-2H3,(H,15,18). The molecule has 0 heterocycles. The van der Waals surface area contributed by atoms with E-state index in [1.54, 1.807) is 24.3 Å². The van der Waals surface area contributed by atoms with Gasteiger partial charge < -0.3 is 14.7 Å². The molecule has 110 valence electrons. The third-order valence-electron chi connectivity index (χ3n) is 2.33. The fourth-order valence-corrected chi connectivity index (χ4v) is 1.35. The van der Waals surface area contributed by atoms with E-state index in [2.05, 4.69) is 4.84 Å². The van der Waals surface area contributed by atoms with E-state index in [9.17, 15) is 14.7 Å². The molecule has 6 nitrogen and oxygen atoms in total. The van der Waals surface area contributed by atoms with Crippen molar-refractivity contribution in [3.05, 3.63) is 35.9 Å². The minimum atomic E-state index is -1.34. The maximum atomic E-state index is 11.4. The summed E-state index contributed by atoms with van der Waals surface area (Å²) in [5.74, 6) is -0.754. The van der Waals surface area contributed by atoms with E-state index in [1.807, 2.05) is 25.4 Å². The van der Waals surface area contributed by atoms with Crippen molar-refractivity contribution in [2.45, 2.75) is 26.4 Å². The van der Waals surface area contributed by atoms with Crippen LogP contribution < -0.4 is 5.48 Å². The molecule has 0 bridgehead atoms. The number of rotatable bonds is 5. The van der Waals surface area contributed by atoms with Gasteiger partial charge in [0.2, 0.25) is 0 Å². The average Bonchev–Trinajstić information content (AvgIpc) is 2.43. The van der Waals surface area contributed by atoms with Gasteiger partial charge in [0.25, 0.3) is 0 Å². The second-order valence-electron chi connectivity index (χ2n) is 4.72. The highest BCUT2D eigenvalue weighted by atomic mass is 16.7. The molecule has 0 aliphatic rings. The monoisotopic (exact) mass is 281 g/mol. The molecular weight excluding hydrogens is 262 g/mol. The van der Waals surface area contributed by atoms with E-state index in [0.717, 1.165) is 5.56 Å². The SMILES string of the molecule is CC(C)COC(=O)NOC(=O)C(O)Cc1ccccc1. The molecule has 6 heteroatoms. The number of nitrogens with one attached hydrogen (secondary N) is 1. The maximum Gasteiger partial charge on any atom is 0.440 e. The molecule has 0 aliphatic heterocycles. The number of hydroxylamine groups is 1. The van der Waals surface area contributed by atoms with Crippen molar-refractivity contribution >= 4 is 12.1 Å². The van der Waals surface area contributed by atoms with Crippen LogP contribution in [0.15, 0.2) is 30.3 Å². The number of amides is 1. The third kappa shape index (κ3) is 6.19. The Morgan fingerprint density at radius 3 is 2.50 bits per heavy atom. The molecule has 1 amide bonds. The summed E-state index contributed by atoms with van der Waals surface area (Å²) in [6.07, 6.45) is -2.09. The van der Waals surface area contributed by atoms with Crippen LogP contribution in [0.5, 0.6) is 0 Å². The van der Waals surface area contributed by atoms with Gasteiger partial charge in [-0.25, -0.2) is 9.59 Å². The zero-order chi connectivity index (χ0) is 15.0. The van der Waals surface area contributed by atoms with Gasteiger partial charge in [-0.2, -0.15) is 0 Å². The molecule has 1 atom stereocenters. The molecule has 0 fully saturated rings. The summed E-state index contributed by atoms with van der Waals surface area (Å²) in [6.45, 7) is 3.97. The molecular formula is C14H19NO5. The van der Waals surface area contributed by atoms with Gasteiger partial charge in [-0.15, -0.1) is 5.48 Å². The summed E-state index contributed by atoms with van der Waals surface area (Å²) in [5.41, 5.74) is 2.62. The number of ether oxygens (including phenoxy) is 1. The predicted octanol–water partition coefficient (Wildman–Crippen LogP) is 1.43. The smallest absolute Gasteiger partial charge is 0.440 e. The summed E-state index contributed by atoms with van der Waals surface area (Å²) in [5, 5.41) is 9.64. The molecule has 0 spiro atoms. The quantitative estimate of drug-likeness (QED) is 0.797. The Hall–Kier alpha value is -2.08. The van der Waals surface area contributed by atoms with Crippen LogP contribution in [0.3, 0.4) is 0 Å². The van der Waals surface area contributed by atoms with Crippen LogP contribution in [-0.4, -0.2) is 29.9 Å². The molecule has 0 aliphatic carbocycles. The second-order valence-corrected chi connectivity index (χ2v) is 4.72. The molecule has 0 saturated carbocycles. The average molecular weight is 281 g/mol. The lowest BCUT2D eigenvalue weighted by Crippen LogP contribution is -2.34. The molecule has 0 aromatic heterocycles. The van der Waals surface area contributed by atoms with E-state index >= 15 is 0 Å². The van der Waals surface area contributed by atoms with E-state index in [0.29, 0.717) is 0 Å². The zero-order valence-corrected chi connectivity index (χ0v) is 11.5. The number of hydrogen-bond acceptors (Lipinski definition) is 5. The Morgan fingerprint density at radius 2 is 1.90 bits per heavy atom.